The summed E-state index contributed by atoms with van der Waals surface area (Å²) in [4.78, 5) is 7.71. The molecule has 0 bridgehead atoms. The van der Waals surface area contributed by atoms with Gasteiger partial charge in [0.1, 0.15) is 5.82 Å². The number of fused-ring (bicyclic) bond motifs is 1. The molecule has 0 unspecified atom stereocenters. The monoisotopic (exact) mass is 172 g/mol. The number of para-hydroxylation sites is 2. The number of aromatic nitrogens is 2. The van der Waals surface area contributed by atoms with Crippen LogP contribution in [0.25, 0.3) is 11.0 Å². The summed E-state index contributed by atoms with van der Waals surface area (Å²) in [5.74, 6) is 1.03. The Hall–Kier alpha value is -1.57. The van der Waals surface area contributed by atoms with Crippen molar-refractivity contribution in [2.24, 2.45) is 0 Å². The molecule has 0 spiro atoms. The third kappa shape index (κ3) is 1.61. The van der Waals surface area contributed by atoms with Gasteiger partial charge in [0, 0.05) is 6.42 Å². The van der Waals surface area contributed by atoms with Crippen LogP contribution in [0.1, 0.15) is 12.7 Å². The molecule has 0 aliphatic heterocycles. The van der Waals surface area contributed by atoms with E-state index in [2.05, 4.69) is 16.0 Å². The second-order valence-corrected chi connectivity index (χ2v) is 2.97. The van der Waals surface area contributed by atoms with Gasteiger partial charge in [0.25, 0.3) is 0 Å². The van der Waals surface area contributed by atoms with E-state index in [0.29, 0.717) is 0 Å². The lowest BCUT2D eigenvalue weighted by Gasteiger charge is -1.84. The standard InChI is InChI=1S/C11H12N2/c1-2-3-8-11-12-9-6-4-5-7-10(9)13-11/h2-7H,8H2,1H3,(H,12,13). The number of hydrogen-bond acceptors (Lipinski definition) is 1. The molecule has 2 aromatic rings. The summed E-state index contributed by atoms with van der Waals surface area (Å²) in [6.45, 7) is 2.02. The van der Waals surface area contributed by atoms with Crippen molar-refractivity contribution in [3.63, 3.8) is 0 Å². The van der Waals surface area contributed by atoms with Crippen molar-refractivity contribution < 1.29 is 0 Å². The smallest absolute Gasteiger partial charge is 0.111 e. The summed E-state index contributed by atoms with van der Waals surface area (Å²) in [6.07, 6.45) is 5.01. The van der Waals surface area contributed by atoms with E-state index in [1.165, 1.54) is 0 Å². The van der Waals surface area contributed by atoms with E-state index in [-0.39, 0.29) is 0 Å². The van der Waals surface area contributed by atoms with Crippen molar-refractivity contribution >= 4 is 11.0 Å². The van der Waals surface area contributed by atoms with E-state index in [1.54, 1.807) is 0 Å². The molecule has 1 aromatic carbocycles. The molecule has 0 amide bonds. The van der Waals surface area contributed by atoms with E-state index in [0.717, 1.165) is 23.3 Å². The first-order valence-corrected chi connectivity index (χ1v) is 4.45. The molecule has 66 valence electrons. The molecule has 0 fully saturated rings. The topological polar surface area (TPSA) is 28.7 Å². The molecule has 2 heteroatoms. The van der Waals surface area contributed by atoms with Crippen LogP contribution in [0.5, 0.6) is 0 Å². The summed E-state index contributed by atoms with van der Waals surface area (Å²) in [5, 5.41) is 0. The quantitative estimate of drug-likeness (QED) is 0.693. The molecule has 0 atom stereocenters. The van der Waals surface area contributed by atoms with Gasteiger partial charge in [-0.1, -0.05) is 24.3 Å². The van der Waals surface area contributed by atoms with Crippen molar-refractivity contribution in [2.45, 2.75) is 13.3 Å². The van der Waals surface area contributed by atoms with Gasteiger partial charge in [-0.05, 0) is 19.1 Å². The van der Waals surface area contributed by atoms with Crippen molar-refractivity contribution in [2.75, 3.05) is 0 Å². The maximum atomic E-state index is 4.44. The van der Waals surface area contributed by atoms with Gasteiger partial charge in [-0.15, -0.1) is 0 Å². The zero-order chi connectivity index (χ0) is 9.10. The second kappa shape index (κ2) is 3.44. The summed E-state index contributed by atoms with van der Waals surface area (Å²) < 4.78 is 0. The Morgan fingerprint density at radius 2 is 2.23 bits per heavy atom. The van der Waals surface area contributed by atoms with E-state index < -0.39 is 0 Å². The summed E-state index contributed by atoms with van der Waals surface area (Å²) >= 11 is 0. The molecule has 13 heavy (non-hydrogen) atoms. The van der Waals surface area contributed by atoms with Crippen LogP contribution in [-0.4, -0.2) is 9.97 Å². The highest BCUT2D eigenvalue weighted by Gasteiger charge is 1.98. The Morgan fingerprint density at radius 1 is 1.38 bits per heavy atom. The Morgan fingerprint density at radius 3 is 3.00 bits per heavy atom. The van der Waals surface area contributed by atoms with Crippen molar-refractivity contribution in [3.05, 3.63) is 42.2 Å². The van der Waals surface area contributed by atoms with Crippen LogP contribution in [0, 0.1) is 0 Å². The Kier molecular flexibility index (Phi) is 2.13. The fourth-order valence-electron chi connectivity index (χ4n) is 1.33. The normalized spacial score (nSPS) is 11.5. The minimum Gasteiger partial charge on any atom is -0.342 e. The van der Waals surface area contributed by atoms with Gasteiger partial charge < -0.3 is 4.98 Å². The number of rotatable bonds is 2. The van der Waals surface area contributed by atoms with E-state index >= 15 is 0 Å². The molecule has 2 rings (SSSR count). The molecule has 0 aliphatic rings. The van der Waals surface area contributed by atoms with Crippen LogP contribution >= 0.6 is 0 Å². The molecular weight excluding hydrogens is 160 g/mol. The number of imidazole rings is 1. The van der Waals surface area contributed by atoms with Gasteiger partial charge in [0.15, 0.2) is 0 Å². The number of nitrogens with one attached hydrogen (secondary N) is 1. The molecule has 0 radical (unpaired) electrons. The first kappa shape index (κ1) is 8.05. The van der Waals surface area contributed by atoms with Crippen LogP contribution in [0.15, 0.2) is 36.4 Å². The predicted molar refractivity (Wildman–Crippen MR) is 54.6 cm³/mol. The fourth-order valence-corrected chi connectivity index (χ4v) is 1.33. The van der Waals surface area contributed by atoms with Gasteiger partial charge in [0.05, 0.1) is 11.0 Å². The molecular formula is C11H12N2. The van der Waals surface area contributed by atoms with Crippen molar-refractivity contribution in [1.29, 1.82) is 0 Å². The van der Waals surface area contributed by atoms with E-state index in [4.69, 9.17) is 0 Å². The highest BCUT2D eigenvalue weighted by molar-refractivity contribution is 5.74. The lowest BCUT2D eigenvalue weighted by atomic mass is 10.3. The number of nitrogens with zero attached hydrogens (tertiary/aromatic N) is 1. The summed E-state index contributed by atoms with van der Waals surface area (Å²) in [6, 6.07) is 8.08. The second-order valence-electron chi connectivity index (χ2n) is 2.97. The number of hydrogen-bond donors (Lipinski definition) is 1. The van der Waals surface area contributed by atoms with Crippen LogP contribution in [0.3, 0.4) is 0 Å². The maximum Gasteiger partial charge on any atom is 0.111 e. The highest BCUT2D eigenvalue weighted by Crippen LogP contribution is 2.10. The third-order valence-corrected chi connectivity index (χ3v) is 1.99. The SMILES string of the molecule is CC=CCc1nc2ccccc2[nH]1. The first-order valence-electron chi connectivity index (χ1n) is 4.45. The van der Waals surface area contributed by atoms with Gasteiger partial charge in [-0.2, -0.15) is 0 Å². The van der Waals surface area contributed by atoms with Crippen LogP contribution < -0.4 is 0 Å². The average molecular weight is 172 g/mol. The van der Waals surface area contributed by atoms with Gasteiger partial charge >= 0.3 is 0 Å². The van der Waals surface area contributed by atoms with Crippen molar-refractivity contribution in [3.8, 4) is 0 Å². The largest absolute Gasteiger partial charge is 0.342 e. The minimum absolute atomic E-state index is 0.880. The number of aromatic amines is 1. The van der Waals surface area contributed by atoms with E-state index in [9.17, 15) is 0 Å². The molecule has 1 aromatic heterocycles. The average Bonchev–Trinajstić information content (AvgIpc) is 2.57. The maximum absolute atomic E-state index is 4.44. The lowest BCUT2D eigenvalue weighted by molar-refractivity contribution is 1.07. The number of allylic oxidation sites excluding steroid dienone is 2. The lowest BCUT2D eigenvalue weighted by Crippen LogP contribution is -1.82. The summed E-state index contributed by atoms with van der Waals surface area (Å²) in [5.41, 5.74) is 2.16. The van der Waals surface area contributed by atoms with Crippen LogP contribution in [-0.2, 0) is 6.42 Å². The molecule has 0 aliphatic carbocycles. The fraction of sp³-hybridized carbons (Fsp3) is 0.182. The van der Waals surface area contributed by atoms with Gasteiger partial charge in [0.2, 0.25) is 0 Å². The summed E-state index contributed by atoms with van der Waals surface area (Å²) in [7, 11) is 0. The Labute approximate surface area is 77.3 Å². The predicted octanol–water partition coefficient (Wildman–Crippen LogP) is 2.68. The van der Waals surface area contributed by atoms with Crippen LogP contribution in [0.4, 0.5) is 0 Å². The molecule has 0 saturated heterocycles. The highest BCUT2D eigenvalue weighted by atomic mass is 14.9. The van der Waals surface area contributed by atoms with Crippen molar-refractivity contribution in [1.82, 2.24) is 9.97 Å². The molecule has 0 saturated carbocycles. The number of benzene rings is 1. The first-order chi connectivity index (χ1) is 6.40. The zero-order valence-electron chi connectivity index (χ0n) is 7.62. The van der Waals surface area contributed by atoms with Crippen LogP contribution in [0.2, 0.25) is 0 Å². The zero-order valence-corrected chi connectivity index (χ0v) is 7.62. The van der Waals surface area contributed by atoms with Gasteiger partial charge in [-0.25, -0.2) is 4.98 Å². The minimum atomic E-state index is 0.880. The molecule has 1 heterocycles. The molecule has 1 N–H and O–H groups in total. The molecule has 2 nitrogen and oxygen atoms in total. The van der Waals surface area contributed by atoms with Gasteiger partial charge in [-0.3, -0.25) is 0 Å². The number of H-pyrrole nitrogens is 1. The third-order valence-electron chi connectivity index (χ3n) is 1.99. The van der Waals surface area contributed by atoms with E-state index in [1.807, 2.05) is 37.3 Å². The Bertz CT molecular complexity index is 393. The Balaban J connectivity index is 2.38.